The standard InChI is InChI=1S/C17H22N4/c1-4-13(2)21(3)10-9-19-17-14(11-18)12-20-16-8-6-5-7-15(16)17/h5-8,12-13H,4,9-10H2,1-3H3,(H,19,20). The van der Waals surface area contributed by atoms with Gasteiger partial charge in [-0.25, -0.2) is 0 Å². The topological polar surface area (TPSA) is 52.0 Å². The molecule has 1 N–H and O–H groups in total. The maximum Gasteiger partial charge on any atom is 0.103 e. The largest absolute Gasteiger partial charge is 0.382 e. The van der Waals surface area contributed by atoms with E-state index < -0.39 is 0 Å². The van der Waals surface area contributed by atoms with Crippen molar-refractivity contribution in [3.8, 4) is 6.07 Å². The fraction of sp³-hybridized carbons (Fsp3) is 0.412. The Balaban J connectivity index is 2.16. The molecule has 21 heavy (non-hydrogen) atoms. The second-order valence-corrected chi connectivity index (χ2v) is 5.34. The smallest absolute Gasteiger partial charge is 0.103 e. The molecule has 0 spiro atoms. The molecule has 0 aliphatic rings. The summed E-state index contributed by atoms with van der Waals surface area (Å²) in [6, 6.07) is 10.7. The molecular weight excluding hydrogens is 260 g/mol. The number of aromatic nitrogens is 1. The summed E-state index contributed by atoms with van der Waals surface area (Å²) in [5, 5.41) is 13.7. The number of nitriles is 1. The number of hydrogen-bond acceptors (Lipinski definition) is 4. The van der Waals surface area contributed by atoms with Crippen LogP contribution in [-0.4, -0.2) is 36.1 Å². The van der Waals surface area contributed by atoms with Crippen molar-refractivity contribution in [3.05, 3.63) is 36.0 Å². The molecule has 0 aliphatic heterocycles. The summed E-state index contributed by atoms with van der Waals surface area (Å²) in [6.07, 6.45) is 2.78. The minimum atomic E-state index is 0.566. The molecule has 1 atom stereocenters. The van der Waals surface area contributed by atoms with E-state index in [1.54, 1.807) is 6.20 Å². The second kappa shape index (κ2) is 7.05. The first-order chi connectivity index (χ1) is 10.2. The van der Waals surface area contributed by atoms with Crippen LogP contribution in [0.2, 0.25) is 0 Å². The van der Waals surface area contributed by atoms with Crippen LogP contribution in [0.5, 0.6) is 0 Å². The molecule has 1 unspecified atom stereocenters. The predicted octanol–water partition coefficient (Wildman–Crippen LogP) is 3.25. The lowest BCUT2D eigenvalue weighted by Crippen LogP contribution is -2.32. The molecule has 0 bridgehead atoms. The van der Waals surface area contributed by atoms with Gasteiger partial charge in [-0.05, 0) is 26.5 Å². The average Bonchev–Trinajstić information content (AvgIpc) is 2.53. The van der Waals surface area contributed by atoms with Gasteiger partial charge in [-0.1, -0.05) is 25.1 Å². The van der Waals surface area contributed by atoms with Gasteiger partial charge >= 0.3 is 0 Å². The van der Waals surface area contributed by atoms with Crippen molar-refractivity contribution in [1.29, 1.82) is 5.26 Å². The highest BCUT2D eigenvalue weighted by atomic mass is 15.1. The highest BCUT2D eigenvalue weighted by Crippen LogP contribution is 2.25. The molecule has 0 saturated carbocycles. The Morgan fingerprint density at radius 1 is 1.38 bits per heavy atom. The van der Waals surface area contributed by atoms with Gasteiger partial charge in [-0.2, -0.15) is 5.26 Å². The van der Waals surface area contributed by atoms with Crippen molar-refractivity contribution in [3.63, 3.8) is 0 Å². The maximum atomic E-state index is 9.27. The molecular formula is C17H22N4. The molecule has 0 radical (unpaired) electrons. The fourth-order valence-electron chi connectivity index (χ4n) is 2.31. The minimum absolute atomic E-state index is 0.566. The molecule has 0 saturated heterocycles. The Hall–Kier alpha value is -2.12. The summed E-state index contributed by atoms with van der Waals surface area (Å²) in [6.45, 7) is 6.17. The lowest BCUT2D eigenvalue weighted by molar-refractivity contribution is 0.261. The number of nitrogens with zero attached hydrogens (tertiary/aromatic N) is 3. The number of rotatable bonds is 6. The number of benzene rings is 1. The van der Waals surface area contributed by atoms with Crippen LogP contribution in [0, 0.1) is 11.3 Å². The van der Waals surface area contributed by atoms with Gasteiger partial charge in [0.25, 0.3) is 0 Å². The summed E-state index contributed by atoms with van der Waals surface area (Å²) < 4.78 is 0. The van der Waals surface area contributed by atoms with Gasteiger partial charge in [0.05, 0.1) is 16.8 Å². The Labute approximate surface area is 126 Å². The van der Waals surface area contributed by atoms with Crippen molar-refractivity contribution in [1.82, 2.24) is 9.88 Å². The van der Waals surface area contributed by atoms with Crippen molar-refractivity contribution in [2.24, 2.45) is 0 Å². The number of pyridine rings is 1. The van der Waals surface area contributed by atoms with Crippen molar-refractivity contribution < 1.29 is 0 Å². The number of anilines is 1. The Morgan fingerprint density at radius 3 is 2.86 bits per heavy atom. The third kappa shape index (κ3) is 3.50. The van der Waals surface area contributed by atoms with Crippen LogP contribution in [0.3, 0.4) is 0 Å². The summed E-state index contributed by atoms with van der Waals surface area (Å²) in [7, 11) is 2.13. The number of hydrogen-bond donors (Lipinski definition) is 1. The van der Waals surface area contributed by atoms with Crippen molar-refractivity contribution in [2.45, 2.75) is 26.3 Å². The Morgan fingerprint density at radius 2 is 2.14 bits per heavy atom. The highest BCUT2D eigenvalue weighted by Gasteiger charge is 2.09. The lowest BCUT2D eigenvalue weighted by atomic mass is 10.1. The van der Waals surface area contributed by atoms with Gasteiger partial charge < -0.3 is 10.2 Å². The summed E-state index contributed by atoms with van der Waals surface area (Å²) >= 11 is 0. The summed E-state index contributed by atoms with van der Waals surface area (Å²) in [4.78, 5) is 6.65. The van der Waals surface area contributed by atoms with Gasteiger partial charge in [0.1, 0.15) is 6.07 Å². The number of nitrogens with one attached hydrogen (secondary N) is 1. The SMILES string of the molecule is CCC(C)N(C)CCNc1c(C#N)cnc2ccccc12. The van der Waals surface area contributed by atoms with E-state index in [1.807, 2.05) is 24.3 Å². The number of fused-ring (bicyclic) bond motifs is 1. The first-order valence-electron chi connectivity index (χ1n) is 7.39. The maximum absolute atomic E-state index is 9.27. The second-order valence-electron chi connectivity index (χ2n) is 5.34. The fourth-order valence-corrected chi connectivity index (χ4v) is 2.31. The third-order valence-electron chi connectivity index (χ3n) is 4.01. The quantitative estimate of drug-likeness (QED) is 0.883. The van der Waals surface area contributed by atoms with E-state index in [9.17, 15) is 5.26 Å². The van der Waals surface area contributed by atoms with E-state index in [0.29, 0.717) is 11.6 Å². The van der Waals surface area contributed by atoms with E-state index in [1.165, 1.54) is 0 Å². The minimum Gasteiger partial charge on any atom is -0.382 e. The van der Waals surface area contributed by atoms with Gasteiger partial charge in [-0.3, -0.25) is 4.98 Å². The molecule has 0 amide bonds. The van der Waals surface area contributed by atoms with E-state index in [4.69, 9.17) is 0 Å². The van der Waals surface area contributed by atoms with Crippen LogP contribution in [0.25, 0.3) is 10.9 Å². The zero-order valence-corrected chi connectivity index (χ0v) is 12.9. The van der Waals surface area contributed by atoms with Gasteiger partial charge in [0.2, 0.25) is 0 Å². The van der Waals surface area contributed by atoms with Crippen LogP contribution in [0.4, 0.5) is 5.69 Å². The summed E-state index contributed by atoms with van der Waals surface area (Å²) in [5.41, 5.74) is 2.40. The zero-order chi connectivity index (χ0) is 15.2. The molecule has 1 aromatic carbocycles. The van der Waals surface area contributed by atoms with E-state index in [-0.39, 0.29) is 0 Å². The molecule has 4 heteroatoms. The molecule has 4 nitrogen and oxygen atoms in total. The first-order valence-corrected chi connectivity index (χ1v) is 7.39. The van der Waals surface area contributed by atoms with Gasteiger partial charge in [0, 0.05) is 30.7 Å². The van der Waals surface area contributed by atoms with Crippen LogP contribution in [0.1, 0.15) is 25.8 Å². The van der Waals surface area contributed by atoms with Crippen LogP contribution in [0.15, 0.2) is 30.5 Å². The zero-order valence-electron chi connectivity index (χ0n) is 12.9. The Bertz CT molecular complexity index is 645. The van der Waals surface area contributed by atoms with Crippen LogP contribution >= 0.6 is 0 Å². The van der Waals surface area contributed by atoms with Gasteiger partial charge in [0.15, 0.2) is 0 Å². The monoisotopic (exact) mass is 282 g/mol. The van der Waals surface area contributed by atoms with E-state index >= 15 is 0 Å². The molecule has 2 aromatic rings. The molecule has 1 heterocycles. The highest BCUT2D eigenvalue weighted by molar-refractivity contribution is 5.93. The van der Waals surface area contributed by atoms with E-state index in [2.05, 4.69) is 42.2 Å². The van der Waals surface area contributed by atoms with Crippen molar-refractivity contribution >= 4 is 16.6 Å². The van der Waals surface area contributed by atoms with Crippen LogP contribution in [-0.2, 0) is 0 Å². The average molecular weight is 282 g/mol. The molecule has 2 rings (SSSR count). The number of likely N-dealkylation sites (N-methyl/N-ethyl adjacent to an activating group) is 1. The van der Waals surface area contributed by atoms with Crippen molar-refractivity contribution in [2.75, 3.05) is 25.5 Å². The molecule has 0 aliphatic carbocycles. The summed E-state index contributed by atoms with van der Waals surface area (Å²) in [5.74, 6) is 0. The van der Waals surface area contributed by atoms with Gasteiger partial charge in [-0.15, -0.1) is 0 Å². The van der Waals surface area contributed by atoms with E-state index in [0.717, 1.165) is 36.1 Å². The number of para-hydroxylation sites is 1. The first kappa shape index (κ1) is 15.3. The third-order valence-corrected chi connectivity index (χ3v) is 4.01. The Kier molecular flexibility index (Phi) is 5.13. The molecule has 1 aromatic heterocycles. The predicted molar refractivity (Wildman–Crippen MR) is 87.3 cm³/mol. The normalized spacial score (nSPS) is 12.3. The molecule has 110 valence electrons. The molecule has 0 fully saturated rings. The lowest BCUT2D eigenvalue weighted by Gasteiger charge is -2.24. The van der Waals surface area contributed by atoms with Crippen LogP contribution < -0.4 is 5.32 Å².